The molecule has 0 spiro atoms. The molecule has 0 aromatic carbocycles. The topological polar surface area (TPSA) is 51.6 Å². The fourth-order valence-electron chi connectivity index (χ4n) is 5.15. The Morgan fingerprint density at radius 1 is 0.489 bits per heavy atom. The summed E-state index contributed by atoms with van der Waals surface area (Å²) in [6, 6.07) is 26.0. The van der Waals surface area contributed by atoms with Crippen LogP contribution in [0.4, 0.5) is 0 Å². The summed E-state index contributed by atoms with van der Waals surface area (Å²) in [6.45, 7) is 18.6. The molecular formula is C36H50Cl2N4RuSi2. The van der Waals surface area contributed by atoms with Gasteiger partial charge in [0, 0.05) is 24.8 Å². The number of pyridine rings is 4. The van der Waals surface area contributed by atoms with Crippen LogP contribution in [0, 0.1) is 23.7 Å². The Balaban J connectivity index is 0.000000288. The summed E-state index contributed by atoms with van der Waals surface area (Å²) in [5.74, 6) is 3.03. The summed E-state index contributed by atoms with van der Waals surface area (Å²) in [5, 5.41) is 2.92. The van der Waals surface area contributed by atoms with Gasteiger partial charge in [-0.05, 0) is 70.4 Å². The molecule has 0 aliphatic rings. The third-order valence-electron chi connectivity index (χ3n) is 6.82. The van der Waals surface area contributed by atoms with E-state index in [2.05, 4.69) is 112 Å². The summed E-state index contributed by atoms with van der Waals surface area (Å²) < 4.78 is 0. The summed E-state index contributed by atoms with van der Waals surface area (Å²) in [5.41, 5.74) is 3.83. The van der Waals surface area contributed by atoms with E-state index in [0.717, 1.165) is 46.4 Å². The Morgan fingerprint density at radius 2 is 0.800 bits per heavy atom. The number of halogens is 2. The van der Waals surface area contributed by atoms with Crippen LogP contribution in [0.3, 0.4) is 0 Å². The van der Waals surface area contributed by atoms with E-state index in [0.29, 0.717) is 0 Å². The second-order valence-corrected chi connectivity index (χ2v) is 20.8. The van der Waals surface area contributed by atoms with Gasteiger partial charge in [0.1, 0.15) is 0 Å². The summed E-state index contributed by atoms with van der Waals surface area (Å²) in [7, 11) is 8.70. The van der Waals surface area contributed by atoms with Crippen LogP contribution in [-0.4, -0.2) is 37.5 Å². The molecule has 0 atom stereocenters. The van der Waals surface area contributed by atoms with Gasteiger partial charge >= 0.3 is 34.5 Å². The molecule has 0 bridgehead atoms. The van der Waals surface area contributed by atoms with E-state index in [4.69, 9.17) is 19.4 Å². The molecule has 4 nitrogen and oxygen atoms in total. The standard InChI is InChI=1S/2C18H25N2Si.2ClH.Ru/c2*1-14(2)12-21(13-15(3)4)16-8-9-18(20-11-16)17-7-5-6-10-19-17;;;/h2*5-11,14-15H,12-13H2,1-4H3;2*1H;/q;;;;+2/p-2. The van der Waals surface area contributed by atoms with Crippen molar-refractivity contribution < 1.29 is 15.1 Å². The van der Waals surface area contributed by atoms with Crippen LogP contribution in [0.2, 0.25) is 24.2 Å². The van der Waals surface area contributed by atoms with Crippen LogP contribution in [0.5, 0.6) is 0 Å². The van der Waals surface area contributed by atoms with E-state index in [1.165, 1.54) is 34.5 Å². The molecule has 0 N–H and O–H groups in total. The average Bonchev–Trinajstić information content (AvgIpc) is 3.01. The average molecular weight is 767 g/mol. The van der Waals surface area contributed by atoms with Crippen molar-refractivity contribution in [2.45, 2.75) is 79.6 Å². The first-order valence-corrected chi connectivity index (χ1v) is 24.1. The molecule has 4 aromatic heterocycles. The number of aromatic nitrogens is 4. The monoisotopic (exact) mass is 766 g/mol. The maximum absolute atomic E-state index is 4.85. The van der Waals surface area contributed by atoms with E-state index < -0.39 is 17.6 Å². The molecule has 9 heteroatoms. The van der Waals surface area contributed by atoms with Gasteiger partial charge in [-0.3, -0.25) is 19.9 Å². The maximum atomic E-state index is 4.85. The van der Waals surface area contributed by atoms with Crippen molar-refractivity contribution in [2.75, 3.05) is 0 Å². The van der Waals surface area contributed by atoms with Gasteiger partial charge in [-0.1, -0.05) is 104 Å². The van der Waals surface area contributed by atoms with Crippen LogP contribution in [0.25, 0.3) is 22.8 Å². The van der Waals surface area contributed by atoms with Gasteiger partial charge in [-0.2, -0.15) is 0 Å². The normalized spacial score (nSPS) is 11.3. The van der Waals surface area contributed by atoms with Gasteiger partial charge in [0.2, 0.25) is 0 Å². The van der Waals surface area contributed by atoms with E-state index >= 15 is 0 Å². The molecule has 0 saturated carbocycles. The van der Waals surface area contributed by atoms with Crippen molar-refractivity contribution in [2.24, 2.45) is 23.7 Å². The van der Waals surface area contributed by atoms with Gasteiger partial charge < -0.3 is 0 Å². The molecule has 45 heavy (non-hydrogen) atoms. The van der Waals surface area contributed by atoms with Crippen LogP contribution < -0.4 is 10.4 Å². The van der Waals surface area contributed by atoms with Crippen molar-refractivity contribution in [3.8, 4) is 22.8 Å². The molecular weight excluding hydrogens is 717 g/mol. The van der Waals surface area contributed by atoms with E-state index in [1.807, 2.05) is 48.8 Å². The predicted octanol–water partition coefficient (Wildman–Crippen LogP) is 9.69. The second-order valence-electron chi connectivity index (χ2n) is 12.9. The van der Waals surface area contributed by atoms with Gasteiger partial charge in [-0.25, -0.2) is 0 Å². The number of nitrogens with zero attached hydrogens (tertiary/aromatic N) is 4. The molecule has 4 heterocycles. The van der Waals surface area contributed by atoms with E-state index in [9.17, 15) is 0 Å². The van der Waals surface area contributed by atoms with Crippen molar-refractivity contribution >= 4 is 47.3 Å². The van der Waals surface area contributed by atoms with Crippen LogP contribution in [0.1, 0.15) is 55.4 Å². The second kappa shape index (κ2) is 21.9. The predicted molar refractivity (Wildman–Crippen MR) is 196 cm³/mol. The number of hydrogen-bond donors (Lipinski definition) is 0. The van der Waals surface area contributed by atoms with Gasteiger partial charge in [0.05, 0.1) is 40.4 Å². The Bertz CT molecular complexity index is 1190. The minimum absolute atomic E-state index is 0.346. The fraction of sp³-hybridized carbons (Fsp3) is 0.444. The minimum atomic E-state index is -0.502. The third-order valence-corrected chi connectivity index (χ3v) is 14.3. The molecule has 4 rings (SSSR count). The van der Waals surface area contributed by atoms with Gasteiger partial charge in [0.15, 0.2) is 0 Å². The van der Waals surface area contributed by atoms with E-state index in [1.54, 1.807) is 0 Å². The van der Waals surface area contributed by atoms with Crippen LogP contribution in [-0.2, 0) is 15.1 Å². The zero-order valence-electron chi connectivity index (χ0n) is 28.1. The van der Waals surface area contributed by atoms with Crippen molar-refractivity contribution in [1.82, 2.24) is 19.9 Å². The van der Waals surface area contributed by atoms with E-state index in [-0.39, 0.29) is 15.1 Å². The summed E-state index contributed by atoms with van der Waals surface area (Å²) in [4.78, 5) is 18.0. The molecule has 0 aliphatic heterocycles. The number of hydrogen-bond acceptors (Lipinski definition) is 4. The molecule has 4 aromatic rings. The summed E-state index contributed by atoms with van der Waals surface area (Å²) >= 11 is -0.346. The van der Waals surface area contributed by atoms with Crippen molar-refractivity contribution in [1.29, 1.82) is 0 Å². The Morgan fingerprint density at radius 3 is 1.02 bits per heavy atom. The number of rotatable bonds is 12. The molecule has 0 amide bonds. The quantitative estimate of drug-likeness (QED) is 0.135. The summed E-state index contributed by atoms with van der Waals surface area (Å²) in [6.07, 6.45) is 7.81. The molecule has 2 radical (unpaired) electrons. The van der Waals surface area contributed by atoms with Gasteiger partial charge in [0.25, 0.3) is 0 Å². The molecule has 0 saturated heterocycles. The molecule has 244 valence electrons. The first kappa shape index (κ1) is 39.4. The van der Waals surface area contributed by atoms with Crippen LogP contribution in [0.15, 0.2) is 85.5 Å². The molecule has 0 unspecified atom stereocenters. The van der Waals surface area contributed by atoms with Gasteiger partial charge in [-0.15, -0.1) is 0 Å². The zero-order chi connectivity index (χ0) is 33.2. The Kier molecular flexibility index (Phi) is 19.2. The fourth-order valence-corrected chi connectivity index (χ4v) is 11.5. The molecule has 0 fully saturated rings. The third kappa shape index (κ3) is 15.6. The first-order chi connectivity index (χ1) is 21.5. The molecule has 0 aliphatic carbocycles. The van der Waals surface area contributed by atoms with Crippen molar-refractivity contribution in [3.05, 3.63) is 85.5 Å². The van der Waals surface area contributed by atoms with Crippen LogP contribution >= 0.6 is 19.4 Å². The SMILES string of the molecule is CC(C)C[Si](CC(C)C)c1ccc(-c2ccccn2)nc1.CC(C)C[Si](CC(C)C)c1ccc(-c2ccccn2)nc1.[Cl][Ru][Cl]. The van der Waals surface area contributed by atoms with Crippen molar-refractivity contribution in [3.63, 3.8) is 0 Å². The Labute approximate surface area is 292 Å². The first-order valence-electron chi connectivity index (χ1n) is 15.8. The zero-order valence-corrected chi connectivity index (χ0v) is 33.4. The Hall–Kier alpha value is -1.76.